The SMILES string of the molecule is CCCCOC(=O)CCCCCSCCCCCC(=O)OCCCC. The molecule has 4 nitrogen and oxygen atoms in total. The van der Waals surface area contributed by atoms with Crippen molar-refractivity contribution < 1.29 is 19.1 Å². The van der Waals surface area contributed by atoms with E-state index >= 15 is 0 Å². The van der Waals surface area contributed by atoms with Gasteiger partial charge in [-0.05, 0) is 50.0 Å². The maximum atomic E-state index is 11.4. The van der Waals surface area contributed by atoms with Gasteiger partial charge >= 0.3 is 11.9 Å². The smallest absolute Gasteiger partial charge is 0.305 e. The Morgan fingerprint density at radius 2 is 1.08 bits per heavy atom. The Balaban J connectivity index is 3.18. The Kier molecular flexibility index (Phi) is 19.1. The van der Waals surface area contributed by atoms with E-state index in [4.69, 9.17) is 9.47 Å². The lowest BCUT2D eigenvalue weighted by molar-refractivity contribution is -0.144. The Labute approximate surface area is 158 Å². The summed E-state index contributed by atoms with van der Waals surface area (Å²) < 4.78 is 10.3. The molecule has 0 fully saturated rings. The number of carbonyl (C=O) groups is 2. The molecule has 25 heavy (non-hydrogen) atoms. The van der Waals surface area contributed by atoms with Gasteiger partial charge in [0, 0.05) is 12.8 Å². The Bertz CT molecular complexity index is 291. The maximum absolute atomic E-state index is 11.4. The van der Waals surface area contributed by atoms with Gasteiger partial charge in [-0.2, -0.15) is 11.8 Å². The van der Waals surface area contributed by atoms with Crippen molar-refractivity contribution in [3.63, 3.8) is 0 Å². The van der Waals surface area contributed by atoms with E-state index in [9.17, 15) is 9.59 Å². The molecule has 0 atom stereocenters. The molecular weight excluding hydrogens is 336 g/mol. The van der Waals surface area contributed by atoms with Crippen LogP contribution in [0.4, 0.5) is 0 Å². The summed E-state index contributed by atoms with van der Waals surface area (Å²) in [5.41, 5.74) is 0. The van der Waals surface area contributed by atoms with Crippen LogP contribution in [0.5, 0.6) is 0 Å². The molecule has 0 aliphatic rings. The van der Waals surface area contributed by atoms with E-state index < -0.39 is 0 Å². The molecule has 5 heteroatoms. The van der Waals surface area contributed by atoms with Crippen molar-refractivity contribution >= 4 is 23.7 Å². The molecule has 0 heterocycles. The van der Waals surface area contributed by atoms with Crippen molar-refractivity contribution in [2.75, 3.05) is 24.7 Å². The van der Waals surface area contributed by atoms with Crippen LogP contribution in [-0.4, -0.2) is 36.7 Å². The summed E-state index contributed by atoms with van der Waals surface area (Å²) in [4.78, 5) is 22.8. The van der Waals surface area contributed by atoms with Gasteiger partial charge in [0.15, 0.2) is 0 Å². The Hall–Kier alpha value is -0.710. The summed E-state index contributed by atoms with van der Waals surface area (Å²) in [5, 5.41) is 0. The van der Waals surface area contributed by atoms with Gasteiger partial charge in [-0.25, -0.2) is 0 Å². The fourth-order valence-electron chi connectivity index (χ4n) is 2.21. The van der Waals surface area contributed by atoms with E-state index in [0.717, 1.165) is 75.7 Å². The predicted molar refractivity (Wildman–Crippen MR) is 106 cm³/mol. The lowest BCUT2D eigenvalue weighted by Crippen LogP contribution is -2.05. The number of hydrogen-bond donors (Lipinski definition) is 0. The summed E-state index contributed by atoms with van der Waals surface area (Å²) in [7, 11) is 0. The lowest BCUT2D eigenvalue weighted by atomic mass is 10.2. The van der Waals surface area contributed by atoms with E-state index in [-0.39, 0.29) is 11.9 Å². The molecule has 0 unspecified atom stereocenters. The summed E-state index contributed by atoms with van der Waals surface area (Å²) in [6.07, 6.45) is 11.6. The first-order valence-corrected chi connectivity index (χ1v) is 11.2. The summed E-state index contributed by atoms with van der Waals surface area (Å²) in [6.45, 7) is 5.32. The predicted octanol–water partition coefficient (Wildman–Crippen LogP) is 5.53. The van der Waals surface area contributed by atoms with Gasteiger partial charge in [0.2, 0.25) is 0 Å². The zero-order chi connectivity index (χ0) is 18.6. The third-order valence-corrected chi connectivity index (χ3v) is 5.02. The van der Waals surface area contributed by atoms with Crippen molar-refractivity contribution in [2.24, 2.45) is 0 Å². The number of hydrogen-bond acceptors (Lipinski definition) is 5. The van der Waals surface area contributed by atoms with Crippen LogP contribution < -0.4 is 0 Å². The van der Waals surface area contributed by atoms with Crippen molar-refractivity contribution in [1.82, 2.24) is 0 Å². The monoisotopic (exact) mass is 374 g/mol. The van der Waals surface area contributed by atoms with Gasteiger partial charge in [0.1, 0.15) is 0 Å². The van der Waals surface area contributed by atoms with E-state index in [0.29, 0.717) is 26.1 Å². The van der Waals surface area contributed by atoms with Crippen LogP contribution in [0, 0.1) is 0 Å². The quantitative estimate of drug-likeness (QED) is 0.233. The van der Waals surface area contributed by atoms with E-state index in [2.05, 4.69) is 13.8 Å². The van der Waals surface area contributed by atoms with Gasteiger partial charge in [-0.1, -0.05) is 39.5 Å². The summed E-state index contributed by atoms with van der Waals surface area (Å²) in [5.74, 6) is 2.22. The third kappa shape index (κ3) is 19.5. The van der Waals surface area contributed by atoms with Gasteiger partial charge in [0.25, 0.3) is 0 Å². The summed E-state index contributed by atoms with van der Waals surface area (Å²) in [6, 6.07) is 0. The molecule has 0 aromatic carbocycles. The Morgan fingerprint density at radius 1 is 0.640 bits per heavy atom. The molecule has 0 saturated carbocycles. The Morgan fingerprint density at radius 3 is 1.48 bits per heavy atom. The number of carbonyl (C=O) groups excluding carboxylic acids is 2. The topological polar surface area (TPSA) is 52.6 Å². The molecule has 0 aliphatic carbocycles. The molecule has 0 rings (SSSR count). The molecule has 0 N–H and O–H groups in total. The average molecular weight is 375 g/mol. The van der Waals surface area contributed by atoms with E-state index in [1.807, 2.05) is 11.8 Å². The van der Waals surface area contributed by atoms with Crippen molar-refractivity contribution in [1.29, 1.82) is 0 Å². The minimum atomic E-state index is -0.0469. The number of rotatable bonds is 18. The zero-order valence-electron chi connectivity index (χ0n) is 16.4. The van der Waals surface area contributed by atoms with Gasteiger partial charge < -0.3 is 9.47 Å². The molecule has 0 aromatic rings. The van der Waals surface area contributed by atoms with Crippen LogP contribution in [0.1, 0.15) is 90.9 Å². The fraction of sp³-hybridized carbons (Fsp3) is 0.900. The molecule has 0 aromatic heterocycles. The van der Waals surface area contributed by atoms with E-state index in [1.54, 1.807) is 0 Å². The minimum Gasteiger partial charge on any atom is -0.466 e. The van der Waals surface area contributed by atoms with Crippen LogP contribution in [-0.2, 0) is 19.1 Å². The molecule has 0 aliphatic heterocycles. The molecule has 0 spiro atoms. The second-order valence-electron chi connectivity index (χ2n) is 6.38. The third-order valence-electron chi connectivity index (χ3n) is 3.86. The highest BCUT2D eigenvalue weighted by atomic mass is 32.2. The zero-order valence-corrected chi connectivity index (χ0v) is 17.2. The van der Waals surface area contributed by atoms with Gasteiger partial charge in [-0.15, -0.1) is 0 Å². The second kappa shape index (κ2) is 19.6. The molecule has 0 saturated heterocycles. The number of esters is 2. The second-order valence-corrected chi connectivity index (χ2v) is 7.61. The molecule has 0 amide bonds. The van der Waals surface area contributed by atoms with Crippen LogP contribution in [0.15, 0.2) is 0 Å². The molecule has 0 radical (unpaired) electrons. The highest BCUT2D eigenvalue weighted by Crippen LogP contribution is 2.12. The van der Waals surface area contributed by atoms with Gasteiger partial charge in [0.05, 0.1) is 13.2 Å². The summed E-state index contributed by atoms with van der Waals surface area (Å²) >= 11 is 1.97. The first kappa shape index (κ1) is 24.3. The van der Waals surface area contributed by atoms with Crippen molar-refractivity contribution in [3.05, 3.63) is 0 Å². The fourth-order valence-corrected chi connectivity index (χ4v) is 3.23. The van der Waals surface area contributed by atoms with Crippen LogP contribution in [0.3, 0.4) is 0 Å². The van der Waals surface area contributed by atoms with Crippen LogP contribution in [0.25, 0.3) is 0 Å². The number of thioether (sulfide) groups is 1. The molecule has 0 bridgehead atoms. The largest absolute Gasteiger partial charge is 0.466 e. The highest BCUT2D eigenvalue weighted by molar-refractivity contribution is 7.99. The first-order chi connectivity index (χ1) is 12.2. The van der Waals surface area contributed by atoms with Crippen LogP contribution >= 0.6 is 11.8 Å². The highest BCUT2D eigenvalue weighted by Gasteiger charge is 2.03. The van der Waals surface area contributed by atoms with E-state index in [1.165, 1.54) is 0 Å². The van der Waals surface area contributed by atoms with Crippen molar-refractivity contribution in [3.8, 4) is 0 Å². The number of ether oxygens (including phenoxy) is 2. The van der Waals surface area contributed by atoms with Gasteiger partial charge in [-0.3, -0.25) is 9.59 Å². The normalized spacial score (nSPS) is 10.6. The standard InChI is InChI=1S/C20H38O4S/c1-3-5-15-23-19(21)13-9-7-11-17-25-18-12-8-10-14-20(22)24-16-6-4-2/h3-18H2,1-2H3. The van der Waals surface area contributed by atoms with Crippen molar-refractivity contribution in [2.45, 2.75) is 90.9 Å². The number of unbranched alkanes of at least 4 members (excludes halogenated alkanes) is 6. The maximum Gasteiger partial charge on any atom is 0.305 e. The lowest BCUT2D eigenvalue weighted by Gasteiger charge is -2.05. The minimum absolute atomic E-state index is 0.0469. The van der Waals surface area contributed by atoms with Crippen LogP contribution in [0.2, 0.25) is 0 Å². The average Bonchev–Trinajstić information content (AvgIpc) is 2.60. The first-order valence-electron chi connectivity index (χ1n) is 10.1. The molecular formula is C20H38O4S. The molecule has 148 valence electrons.